The molecule has 1 saturated heterocycles. The van der Waals surface area contributed by atoms with Gasteiger partial charge in [-0.3, -0.25) is 4.90 Å². The van der Waals surface area contributed by atoms with E-state index in [1.54, 1.807) is 0 Å². The second-order valence-electron chi connectivity index (χ2n) is 5.79. The number of para-hydroxylation sites is 1. The average Bonchev–Trinajstić information content (AvgIpc) is 2.49. The molecule has 0 spiro atoms. The van der Waals surface area contributed by atoms with Gasteiger partial charge in [-0.25, -0.2) is 0 Å². The third-order valence-corrected chi connectivity index (χ3v) is 4.19. The lowest BCUT2D eigenvalue weighted by atomic mass is 10.1. The molecule has 0 bridgehead atoms. The van der Waals surface area contributed by atoms with E-state index < -0.39 is 0 Å². The summed E-state index contributed by atoms with van der Waals surface area (Å²) in [5, 5.41) is 0. The summed E-state index contributed by atoms with van der Waals surface area (Å²) in [5.74, 6) is 0. The summed E-state index contributed by atoms with van der Waals surface area (Å²) in [7, 11) is 0. The first-order chi connectivity index (χ1) is 10.2. The number of benzene rings is 2. The van der Waals surface area contributed by atoms with Crippen LogP contribution in [0, 0.1) is 6.92 Å². The lowest BCUT2D eigenvalue weighted by molar-refractivity contribution is 0.250. The Labute approximate surface area is 139 Å². The van der Waals surface area contributed by atoms with Crippen LogP contribution < -0.4 is 10.6 Å². The summed E-state index contributed by atoms with van der Waals surface area (Å²) < 4.78 is 0. The highest BCUT2D eigenvalue weighted by Crippen LogP contribution is 2.21. The average molecular weight is 318 g/mol. The van der Waals surface area contributed by atoms with E-state index in [2.05, 4.69) is 53.1 Å². The maximum atomic E-state index is 5.85. The number of rotatable bonds is 3. The summed E-state index contributed by atoms with van der Waals surface area (Å²) in [6.07, 6.45) is 0. The number of hydrogen-bond donors (Lipinski definition) is 1. The number of aryl methyl sites for hydroxylation is 1. The first kappa shape index (κ1) is 16.7. The van der Waals surface area contributed by atoms with Crippen molar-refractivity contribution in [2.24, 2.45) is 0 Å². The fraction of sp³-hybridized carbons (Fsp3) is 0.333. The number of nitrogen functional groups attached to an aromatic ring is 1. The van der Waals surface area contributed by atoms with Crippen LogP contribution in [0.3, 0.4) is 0 Å². The molecule has 2 aromatic rings. The summed E-state index contributed by atoms with van der Waals surface area (Å²) in [5.41, 5.74) is 10.7. The fourth-order valence-electron chi connectivity index (χ4n) is 3.01. The topological polar surface area (TPSA) is 32.5 Å². The normalized spacial score (nSPS) is 15.4. The van der Waals surface area contributed by atoms with Crippen LogP contribution in [-0.2, 0) is 6.54 Å². The van der Waals surface area contributed by atoms with Gasteiger partial charge in [0, 0.05) is 44.1 Å². The van der Waals surface area contributed by atoms with Gasteiger partial charge in [-0.05, 0) is 36.2 Å². The molecule has 0 atom stereocenters. The van der Waals surface area contributed by atoms with Crippen molar-refractivity contribution in [3.63, 3.8) is 0 Å². The van der Waals surface area contributed by atoms with Crippen molar-refractivity contribution in [3.05, 3.63) is 59.7 Å². The van der Waals surface area contributed by atoms with Crippen LogP contribution in [0.15, 0.2) is 48.5 Å². The molecule has 3 nitrogen and oxygen atoms in total. The minimum Gasteiger partial charge on any atom is -0.399 e. The van der Waals surface area contributed by atoms with Gasteiger partial charge in [0.05, 0.1) is 0 Å². The van der Waals surface area contributed by atoms with Crippen LogP contribution in [0.4, 0.5) is 11.4 Å². The van der Waals surface area contributed by atoms with E-state index in [-0.39, 0.29) is 12.4 Å². The molecule has 2 aromatic carbocycles. The van der Waals surface area contributed by atoms with Gasteiger partial charge in [0.1, 0.15) is 0 Å². The maximum absolute atomic E-state index is 5.85. The van der Waals surface area contributed by atoms with Gasteiger partial charge in [-0.2, -0.15) is 0 Å². The molecule has 1 aliphatic rings. The Bertz CT molecular complexity index is 607. The van der Waals surface area contributed by atoms with Crippen molar-refractivity contribution in [2.45, 2.75) is 13.5 Å². The van der Waals surface area contributed by atoms with Crippen molar-refractivity contribution in [1.82, 2.24) is 4.90 Å². The first-order valence-electron chi connectivity index (χ1n) is 7.60. The molecule has 22 heavy (non-hydrogen) atoms. The maximum Gasteiger partial charge on any atom is 0.0396 e. The van der Waals surface area contributed by atoms with Crippen LogP contribution in [-0.4, -0.2) is 31.1 Å². The largest absolute Gasteiger partial charge is 0.399 e. The third kappa shape index (κ3) is 3.93. The molecule has 4 heteroatoms. The SMILES string of the molecule is Cc1ccccc1N1CCN(Cc2cccc(N)c2)CC1.Cl. The summed E-state index contributed by atoms with van der Waals surface area (Å²) in [4.78, 5) is 4.99. The molecule has 0 saturated carbocycles. The molecule has 2 N–H and O–H groups in total. The molecule has 3 rings (SSSR count). The Kier molecular flexibility index (Phi) is 5.69. The van der Waals surface area contributed by atoms with Gasteiger partial charge < -0.3 is 10.6 Å². The fourth-order valence-corrected chi connectivity index (χ4v) is 3.01. The lowest BCUT2D eigenvalue weighted by Gasteiger charge is -2.36. The van der Waals surface area contributed by atoms with Gasteiger partial charge in [0.2, 0.25) is 0 Å². The van der Waals surface area contributed by atoms with E-state index >= 15 is 0 Å². The second-order valence-corrected chi connectivity index (χ2v) is 5.79. The number of nitrogens with two attached hydrogens (primary N) is 1. The predicted octanol–water partition coefficient (Wildman–Crippen LogP) is 3.32. The molecule has 0 unspecified atom stereocenters. The predicted molar refractivity (Wildman–Crippen MR) is 96.8 cm³/mol. The van der Waals surface area contributed by atoms with Crippen molar-refractivity contribution in [2.75, 3.05) is 36.8 Å². The van der Waals surface area contributed by atoms with Crippen molar-refractivity contribution < 1.29 is 0 Å². The molecular weight excluding hydrogens is 294 g/mol. The van der Waals surface area contributed by atoms with Crippen LogP contribution in [0.25, 0.3) is 0 Å². The van der Waals surface area contributed by atoms with E-state index in [4.69, 9.17) is 5.73 Å². The Morgan fingerprint density at radius 2 is 1.68 bits per heavy atom. The quantitative estimate of drug-likeness (QED) is 0.881. The Balaban J connectivity index is 0.00000176. The third-order valence-electron chi connectivity index (χ3n) is 4.19. The summed E-state index contributed by atoms with van der Waals surface area (Å²) >= 11 is 0. The monoisotopic (exact) mass is 317 g/mol. The molecule has 0 radical (unpaired) electrons. The van der Waals surface area contributed by atoms with Gasteiger partial charge in [-0.15, -0.1) is 12.4 Å². The molecule has 118 valence electrons. The van der Waals surface area contributed by atoms with Crippen LogP contribution >= 0.6 is 12.4 Å². The number of halogens is 1. The number of piperazine rings is 1. The smallest absolute Gasteiger partial charge is 0.0396 e. The molecular formula is C18H24ClN3. The zero-order valence-corrected chi connectivity index (χ0v) is 13.9. The van der Waals surface area contributed by atoms with Gasteiger partial charge in [-0.1, -0.05) is 30.3 Å². The molecule has 0 amide bonds. The van der Waals surface area contributed by atoms with Gasteiger partial charge in [0.25, 0.3) is 0 Å². The second kappa shape index (κ2) is 7.52. The van der Waals surface area contributed by atoms with Crippen molar-refractivity contribution in [1.29, 1.82) is 0 Å². The Morgan fingerprint density at radius 1 is 0.955 bits per heavy atom. The molecule has 1 fully saturated rings. The molecule has 1 heterocycles. The minimum atomic E-state index is 0. The van der Waals surface area contributed by atoms with E-state index in [0.717, 1.165) is 38.4 Å². The first-order valence-corrected chi connectivity index (χ1v) is 7.60. The van der Waals surface area contributed by atoms with Gasteiger partial charge >= 0.3 is 0 Å². The molecule has 0 aromatic heterocycles. The molecule has 1 aliphatic heterocycles. The number of anilines is 2. The van der Waals surface area contributed by atoms with E-state index in [0.29, 0.717) is 0 Å². The van der Waals surface area contributed by atoms with E-state index in [9.17, 15) is 0 Å². The lowest BCUT2D eigenvalue weighted by Crippen LogP contribution is -2.46. The number of nitrogens with zero attached hydrogens (tertiary/aromatic N) is 2. The Morgan fingerprint density at radius 3 is 2.36 bits per heavy atom. The van der Waals surface area contributed by atoms with Crippen molar-refractivity contribution in [3.8, 4) is 0 Å². The Hall–Kier alpha value is -1.71. The highest BCUT2D eigenvalue weighted by molar-refractivity contribution is 5.85. The minimum absolute atomic E-state index is 0. The summed E-state index contributed by atoms with van der Waals surface area (Å²) in [6, 6.07) is 16.9. The summed E-state index contributed by atoms with van der Waals surface area (Å²) in [6.45, 7) is 7.56. The molecule has 0 aliphatic carbocycles. The van der Waals surface area contributed by atoms with Gasteiger partial charge in [0.15, 0.2) is 0 Å². The standard InChI is InChI=1S/C18H23N3.ClH/c1-15-5-2-3-8-18(15)21-11-9-20(10-12-21)14-16-6-4-7-17(19)13-16;/h2-8,13H,9-12,14,19H2,1H3;1H. The van der Waals surface area contributed by atoms with Crippen molar-refractivity contribution >= 4 is 23.8 Å². The zero-order valence-electron chi connectivity index (χ0n) is 13.0. The van der Waals surface area contributed by atoms with E-state index in [1.165, 1.54) is 16.8 Å². The highest BCUT2D eigenvalue weighted by atomic mass is 35.5. The van der Waals surface area contributed by atoms with Crippen LogP contribution in [0.1, 0.15) is 11.1 Å². The highest BCUT2D eigenvalue weighted by Gasteiger charge is 2.18. The number of hydrogen-bond acceptors (Lipinski definition) is 3. The van der Waals surface area contributed by atoms with Crippen LogP contribution in [0.2, 0.25) is 0 Å². The van der Waals surface area contributed by atoms with E-state index in [1.807, 2.05) is 12.1 Å². The zero-order chi connectivity index (χ0) is 14.7. The van der Waals surface area contributed by atoms with Crippen LogP contribution in [0.5, 0.6) is 0 Å².